The average molecular weight is 464 g/mol. The summed E-state index contributed by atoms with van der Waals surface area (Å²) in [7, 11) is 0. The van der Waals surface area contributed by atoms with E-state index in [1.807, 2.05) is 20.8 Å². The lowest BCUT2D eigenvalue weighted by Gasteiger charge is -2.11. The predicted molar refractivity (Wildman–Crippen MR) is 107 cm³/mol. The second kappa shape index (κ2) is 11.3. The molecule has 0 unspecified atom stereocenters. The van der Waals surface area contributed by atoms with Crippen LogP contribution in [0.4, 0.5) is 0 Å². The van der Waals surface area contributed by atoms with E-state index < -0.39 is 0 Å². The highest BCUT2D eigenvalue weighted by Gasteiger charge is 2.28. The Hall–Kier alpha value is -1.39. The quantitative estimate of drug-likeness (QED) is 0.221. The number of nitrogens with one attached hydrogen (secondary N) is 3. The van der Waals surface area contributed by atoms with Crippen molar-refractivity contribution < 1.29 is 9.32 Å². The molecule has 1 amide bonds. The van der Waals surface area contributed by atoms with Crippen LogP contribution < -0.4 is 16.0 Å². The van der Waals surface area contributed by atoms with Crippen LogP contribution in [0.1, 0.15) is 51.2 Å². The molecule has 1 aromatic heterocycles. The molecule has 1 aromatic rings. The number of rotatable bonds is 9. The SMILES string of the molecule is CCNC(=NCCc1nc(C(C)C)no1)NCCNC(=O)C1CC1.I. The van der Waals surface area contributed by atoms with Gasteiger partial charge in [0.25, 0.3) is 0 Å². The maximum Gasteiger partial charge on any atom is 0.228 e. The summed E-state index contributed by atoms with van der Waals surface area (Å²) < 4.78 is 5.20. The summed E-state index contributed by atoms with van der Waals surface area (Å²) in [6, 6.07) is 0. The second-order valence-electron chi connectivity index (χ2n) is 6.20. The summed E-state index contributed by atoms with van der Waals surface area (Å²) in [5, 5.41) is 13.2. The van der Waals surface area contributed by atoms with Gasteiger partial charge < -0.3 is 20.5 Å². The van der Waals surface area contributed by atoms with Crippen LogP contribution >= 0.6 is 24.0 Å². The van der Waals surface area contributed by atoms with Gasteiger partial charge in [-0.2, -0.15) is 4.98 Å². The van der Waals surface area contributed by atoms with Crippen molar-refractivity contribution in [1.82, 2.24) is 26.1 Å². The Kier molecular flexibility index (Phi) is 9.76. The van der Waals surface area contributed by atoms with Crippen molar-refractivity contribution in [2.24, 2.45) is 10.9 Å². The Bertz CT molecular complexity index is 557. The molecule has 9 heteroatoms. The van der Waals surface area contributed by atoms with Crippen molar-refractivity contribution >= 4 is 35.8 Å². The number of hydrogen-bond acceptors (Lipinski definition) is 5. The fourth-order valence-electron chi connectivity index (χ4n) is 2.07. The molecule has 8 nitrogen and oxygen atoms in total. The molecule has 0 atom stereocenters. The van der Waals surface area contributed by atoms with Gasteiger partial charge in [-0.25, -0.2) is 0 Å². The normalized spacial score (nSPS) is 14.2. The van der Waals surface area contributed by atoms with E-state index in [9.17, 15) is 4.79 Å². The maximum absolute atomic E-state index is 11.5. The first-order valence-corrected chi connectivity index (χ1v) is 8.72. The Morgan fingerprint density at radius 2 is 2.00 bits per heavy atom. The fourth-order valence-corrected chi connectivity index (χ4v) is 2.07. The zero-order valence-electron chi connectivity index (χ0n) is 15.2. The minimum Gasteiger partial charge on any atom is -0.357 e. The van der Waals surface area contributed by atoms with Gasteiger partial charge in [-0.05, 0) is 19.8 Å². The molecule has 0 spiro atoms. The first-order chi connectivity index (χ1) is 11.6. The van der Waals surface area contributed by atoms with Crippen LogP contribution in [0.25, 0.3) is 0 Å². The average Bonchev–Trinajstić information content (AvgIpc) is 3.30. The van der Waals surface area contributed by atoms with Crippen molar-refractivity contribution in [1.29, 1.82) is 0 Å². The van der Waals surface area contributed by atoms with E-state index in [-0.39, 0.29) is 41.7 Å². The smallest absolute Gasteiger partial charge is 0.228 e. The Morgan fingerprint density at radius 3 is 2.60 bits per heavy atom. The van der Waals surface area contributed by atoms with Gasteiger partial charge >= 0.3 is 0 Å². The van der Waals surface area contributed by atoms with Gasteiger partial charge in [0.2, 0.25) is 11.8 Å². The number of halogens is 1. The van der Waals surface area contributed by atoms with Gasteiger partial charge in [0, 0.05) is 37.9 Å². The monoisotopic (exact) mass is 464 g/mol. The maximum atomic E-state index is 11.5. The number of aliphatic imine (C=N–C) groups is 1. The third-order valence-corrected chi connectivity index (χ3v) is 3.60. The highest BCUT2D eigenvalue weighted by Crippen LogP contribution is 2.28. The van der Waals surface area contributed by atoms with Gasteiger partial charge in [-0.1, -0.05) is 19.0 Å². The summed E-state index contributed by atoms with van der Waals surface area (Å²) in [6.45, 7) is 8.65. The topological polar surface area (TPSA) is 104 Å². The number of aromatic nitrogens is 2. The Labute approximate surface area is 166 Å². The van der Waals surface area contributed by atoms with E-state index in [0.717, 1.165) is 31.2 Å². The summed E-state index contributed by atoms with van der Waals surface area (Å²) in [6.07, 6.45) is 2.66. The van der Waals surface area contributed by atoms with Gasteiger partial charge in [0.05, 0.1) is 6.54 Å². The molecule has 3 N–H and O–H groups in total. The lowest BCUT2D eigenvalue weighted by molar-refractivity contribution is -0.122. The highest BCUT2D eigenvalue weighted by atomic mass is 127. The van der Waals surface area contributed by atoms with E-state index in [1.165, 1.54) is 0 Å². The third-order valence-electron chi connectivity index (χ3n) is 3.60. The van der Waals surface area contributed by atoms with Crippen LogP contribution in [0.3, 0.4) is 0 Å². The standard InChI is InChI=1S/C16H28N6O2.HI/c1-4-17-16(20-10-9-18-15(23)12-5-6-12)19-8-7-13-21-14(11(2)3)22-24-13;/h11-12H,4-10H2,1-3H3,(H,18,23)(H2,17,19,20);1H. The molecular weight excluding hydrogens is 435 g/mol. The number of hydrogen-bond donors (Lipinski definition) is 3. The number of carbonyl (C=O) groups excluding carboxylic acids is 1. The number of carbonyl (C=O) groups is 1. The number of amides is 1. The summed E-state index contributed by atoms with van der Waals surface area (Å²) in [4.78, 5) is 20.4. The van der Waals surface area contributed by atoms with Crippen LogP contribution in [0.15, 0.2) is 9.52 Å². The van der Waals surface area contributed by atoms with E-state index in [0.29, 0.717) is 31.9 Å². The van der Waals surface area contributed by atoms with Gasteiger partial charge in [0.15, 0.2) is 11.8 Å². The molecule has 1 fully saturated rings. The summed E-state index contributed by atoms with van der Waals surface area (Å²) >= 11 is 0. The summed E-state index contributed by atoms with van der Waals surface area (Å²) in [5.41, 5.74) is 0. The molecule has 0 radical (unpaired) electrons. The predicted octanol–water partition coefficient (Wildman–Crippen LogP) is 1.43. The molecule has 2 rings (SSSR count). The van der Waals surface area contributed by atoms with Crippen LogP contribution in [-0.4, -0.2) is 48.2 Å². The molecule has 1 saturated carbocycles. The number of guanidine groups is 1. The fraction of sp³-hybridized carbons (Fsp3) is 0.750. The molecule has 1 aliphatic rings. The molecular formula is C16H29IN6O2. The van der Waals surface area contributed by atoms with E-state index in [1.54, 1.807) is 0 Å². The first kappa shape index (κ1) is 21.7. The zero-order chi connectivity index (χ0) is 17.4. The lowest BCUT2D eigenvalue weighted by Crippen LogP contribution is -2.41. The molecule has 0 bridgehead atoms. The van der Waals surface area contributed by atoms with Crippen LogP contribution in [0.2, 0.25) is 0 Å². The minimum absolute atomic E-state index is 0. The second-order valence-corrected chi connectivity index (χ2v) is 6.20. The van der Waals surface area contributed by atoms with Gasteiger partial charge in [0.1, 0.15) is 0 Å². The van der Waals surface area contributed by atoms with Crippen molar-refractivity contribution in [3.63, 3.8) is 0 Å². The van der Waals surface area contributed by atoms with Crippen molar-refractivity contribution in [2.75, 3.05) is 26.2 Å². The van der Waals surface area contributed by atoms with Crippen molar-refractivity contribution in [3.8, 4) is 0 Å². The molecule has 1 aliphatic carbocycles. The zero-order valence-corrected chi connectivity index (χ0v) is 17.5. The van der Waals surface area contributed by atoms with Gasteiger partial charge in [-0.15, -0.1) is 24.0 Å². The minimum atomic E-state index is 0. The first-order valence-electron chi connectivity index (χ1n) is 8.72. The Balaban J connectivity index is 0.00000312. The number of nitrogens with zero attached hydrogens (tertiary/aromatic N) is 3. The van der Waals surface area contributed by atoms with E-state index in [4.69, 9.17) is 4.52 Å². The van der Waals surface area contributed by atoms with E-state index in [2.05, 4.69) is 31.1 Å². The molecule has 1 heterocycles. The van der Waals surface area contributed by atoms with E-state index >= 15 is 0 Å². The lowest BCUT2D eigenvalue weighted by atomic mass is 10.2. The third kappa shape index (κ3) is 8.02. The molecule has 0 saturated heterocycles. The van der Waals surface area contributed by atoms with Crippen LogP contribution in [0.5, 0.6) is 0 Å². The molecule has 142 valence electrons. The molecule has 0 aromatic carbocycles. The van der Waals surface area contributed by atoms with Gasteiger partial charge in [-0.3, -0.25) is 9.79 Å². The molecule has 0 aliphatic heterocycles. The van der Waals surface area contributed by atoms with Crippen molar-refractivity contribution in [2.45, 2.75) is 46.0 Å². The molecule has 25 heavy (non-hydrogen) atoms. The highest BCUT2D eigenvalue weighted by molar-refractivity contribution is 14.0. The van der Waals surface area contributed by atoms with Crippen LogP contribution in [-0.2, 0) is 11.2 Å². The van der Waals surface area contributed by atoms with Crippen molar-refractivity contribution in [3.05, 3.63) is 11.7 Å². The summed E-state index contributed by atoms with van der Waals surface area (Å²) in [5.74, 6) is 2.73. The Morgan fingerprint density at radius 1 is 1.28 bits per heavy atom. The largest absolute Gasteiger partial charge is 0.357 e. The van der Waals surface area contributed by atoms with Crippen LogP contribution in [0, 0.1) is 5.92 Å².